The van der Waals surface area contributed by atoms with Crippen molar-refractivity contribution in [3.05, 3.63) is 24.2 Å². The van der Waals surface area contributed by atoms with E-state index in [1.165, 1.54) is 0 Å². The summed E-state index contributed by atoms with van der Waals surface area (Å²) in [5.41, 5.74) is 1.62. The predicted molar refractivity (Wildman–Crippen MR) is 43.2 cm³/mol. The fraction of sp³-hybridized carbons (Fsp3) is 0.125. The molecule has 0 unspecified atom stereocenters. The predicted octanol–water partition coefficient (Wildman–Crippen LogP) is 1.02. The number of H-pyrrole nitrogens is 1. The number of nitrogens with zero attached hydrogens (tertiary/aromatic N) is 3. The Labute approximate surface area is 68.9 Å². The van der Waals surface area contributed by atoms with Crippen LogP contribution in [0.3, 0.4) is 0 Å². The zero-order valence-corrected chi connectivity index (χ0v) is 6.28. The lowest BCUT2D eigenvalue weighted by Gasteiger charge is -1.93. The summed E-state index contributed by atoms with van der Waals surface area (Å²) in [6, 6.07) is 3.92. The van der Waals surface area contributed by atoms with Crippen LogP contribution in [-0.4, -0.2) is 15.2 Å². The van der Waals surface area contributed by atoms with E-state index >= 15 is 0 Å². The van der Waals surface area contributed by atoms with E-state index in [0.717, 1.165) is 16.6 Å². The Morgan fingerprint density at radius 3 is 3.33 bits per heavy atom. The third-order valence-corrected chi connectivity index (χ3v) is 1.69. The molecule has 2 aromatic heterocycles. The molecule has 0 aliphatic heterocycles. The molecule has 0 saturated carbocycles. The van der Waals surface area contributed by atoms with Gasteiger partial charge in [0.05, 0.1) is 29.9 Å². The summed E-state index contributed by atoms with van der Waals surface area (Å²) >= 11 is 0. The molecule has 0 amide bonds. The van der Waals surface area contributed by atoms with Crippen molar-refractivity contribution >= 4 is 10.9 Å². The highest BCUT2D eigenvalue weighted by molar-refractivity contribution is 5.79. The summed E-state index contributed by atoms with van der Waals surface area (Å²) in [6.07, 6.45) is 3.72. The molecule has 2 heterocycles. The van der Waals surface area contributed by atoms with Crippen molar-refractivity contribution in [3.63, 3.8) is 0 Å². The van der Waals surface area contributed by atoms with Crippen molar-refractivity contribution in [3.8, 4) is 6.07 Å². The molecule has 0 aromatic carbocycles. The van der Waals surface area contributed by atoms with Crippen LogP contribution < -0.4 is 0 Å². The summed E-state index contributed by atoms with van der Waals surface area (Å²) in [4.78, 5) is 4.08. The minimum atomic E-state index is 0.319. The third-order valence-electron chi connectivity index (χ3n) is 1.69. The number of aromatic amines is 1. The van der Waals surface area contributed by atoms with E-state index in [9.17, 15) is 0 Å². The van der Waals surface area contributed by atoms with Gasteiger partial charge in [-0.1, -0.05) is 0 Å². The van der Waals surface area contributed by atoms with E-state index in [1.54, 1.807) is 12.4 Å². The lowest BCUT2D eigenvalue weighted by Crippen LogP contribution is -1.88. The van der Waals surface area contributed by atoms with Gasteiger partial charge in [0.15, 0.2) is 0 Å². The summed E-state index contributed by atoms with van der Waals surface area (Å²) in [5.74, 6) is 0. The molecule has 0 aliphatic rings. The number of aromatic nitrogens is 3. The smallest absolute Gasteiger partial charge is 0.0876 e. The second kappa shape index (κ2) is 2.62. The molecule has 0 radical (unpaired) electrons. The summed E-state index contributed by atoms with van der Waals surface area (Å²) in [7, 11) is 0. The Kier molecular flexibility index (Phi) is 1.49. The topological polar surface area (TPSA) is 65.4 Å². The van der Waals surface area contributed by atoms with Gasteiger partial charge in [0, 0.05) is 11.6 Å². The zero-order valence-electron chi connectivity index (χ0n) is 6.28. The number of hydrogen-bond donors (Lipinski definition) is 1. The van der Waals surface area contributed by atoms with Gasteiger partial charge in [-0.05, 0) is 6.07 Å². The van der Waals surface area contributed by atoms with Crippen molar-refractivity contribution in [2.75, 3.05) is 0 Å². The van der Waals surface area contributed by atoms with Crippen LogP contribution in [-0.2, 0) is 6.42 Å². The SMILES string of the molecule is N#CCc1nccc2cn[nH]c12. The van der Waals surface area contributed by atoms with Gasteiger partial charge in [0.2, 0.25) is 0 Å². The Hall–Kier alpha value is -1.89. The minimum Gasteiger partial charge on any atom is -0.276 e. The van der Waals surface area contributed by atoms with Crippen molar-refractivity contribution in [2.45, 2.75) is 6.42 Å². The van der Waals surface area contributed by atoms with Gasteiger partial charge >= 0.3 is 0 Å². The molecule has 0 spiro atoms. The summed E-state index contributed by atoms with van der Waals surface area (Å²) < 4.78 is 0. The van der Waals surface area contributed by atoms with E-state index in [0.29, 0.717) is 6.42 Å². The molecule has 12 heavy (non-hydrogen) atoms. The molecule has 0 aliphatic carbocycles. The van der Waals surface area contributed by atoms with Gasteiger partial charge in [-0.25, -0.2) is 0 Å². The van der Waals surface area contributed by atoms with E-state index in [1.807, 2.05) is 6.07 Å². The number of hydrogen-bond acceptors (Lipinski definition) is 3. The number of nitrogens with one attached hydrogen (secondary N) is 1. The lowest BCUT2D eigenvalue weighted by atomic mass is 10.2. The first-order valence-corrected chi connectivity index (χ1v) is 3.56. The highest BCUT2D eigenvalue weighted by atomic mass is 15.1. The standard InChI is InChI=1S/C8H6N4/c9-3-1-7-8-6(2-4-10-7)5-11-12-8/h2,4-5H,1H2,(H,11,12). The van der Waals surface area contributed by atoms with Crippen molar-refractivity contribution in [2.24, 2.45) is 0 Å². The fourth-order valence-corrected chi connectivity index (χ4v) is 1.13. The Bertz CT molecular complexity index is 437. The van der Waals surface area contributed by atoms with Gasteiger partial charge in [0.25, 0.3) is 0 Å². The Morgan fingerprint density at radius 1 is 1.58 bits per heavy atom. The molecule has 58 valence electrons. The zero-order chi connectivity index (χ0) is 8.39. The van der Waals surface area contributed by atoms with E-state index in [4.69, 9.17) is 5.26 Å². The molecule has 1 N–H and O–H groups in total. The van der Waals surface area contributed by atoms with Crippen molar-refractivity contribution in [1.82, 2.24) is 15.2 Å². The maximum atomic E-state index is 8.49. The van der Waals surface area contributed by atoms with Gasteiger partial charge in [-0.15, -0.1) is 0 Å². The molecular formula is C8H6N4. The van der Waals surface area contributed by atoms with Crippen molar-refractivity contribution < 1.29 is 0 Å². The molecule has 0 atom stereocenters. The van der Waals surface area contributed by atoms with E-state index in [2.05, 4.69) is 21.3 Å². The maximum Gasteiger partial charge on any atom is 0.0876 e. The van der Waals surface area contributed by atoms with Crippen LogP contribution in [0.5, 0.6) is 0 Å². The first kappa shape index (κ1) is 6.80. The highest BCUT2D eigenvalue weighted by Crippen LogP contribution is 2.12. The average Bonchev–Trinajstić information content (AvgIpc) is 2.53. The van der Waals surface area contributed by atoms with Crippen LogP contribution in [0, 0.1) is 11.3 Å². The monoisotopic (exact) mass is 158 g/mol. The first-order valence-electron chi connectivity index (χ1n) is 3.56. The molecule has 0 fully saturated rings. The van der Waals surface area contributed by atoms with Gasteiger partial charge in [0.1, 0.15) is 0 Å². The summed E-state index contributed by atoms with van der Waals surface area (Å²) in [6.45, 7) is 0. The number of fused-ring (bicyclic) bond motifs is 1. The largest absolute Gasteiger partial charge is 0.276 e. The van der Waals surface area contributed by atoms with Gasteiger partial charge < -0.3 is 0 Å². The number of pyridine rings is 1. The van der Waals surface area contributed by atoms with Crippen LogP contribution in [0.4, 0.5) is 0 Å². The first-order chi connectivity index (χ1) is 5.92. The molecule has 2 aromatic rings. The maximum absolute atomic E-state index is 8.49. The van der Waals surface area contributed by atoms with Crippen LogP contribution in [0.25, 0.3) is 10.9 Å². The third kappa shape index (κ3) is 0.920. The quantitative estimate of drug-likeness (QED) is 0.673. The normalized spacial score (nSPS) is 9.92. The average molecular weight is 158 g/mol. The second-order valence-electron chi connectivity index (χ2n) is 2.43. The van der Waals surface area contributed by atoms with E-state index < -0.39 is 0 Å². The number of rotatable bonds is 1. The van der Waals surface area contributed by atoms with Gasteiger partial charge in [-0.2, -0.15) is 10.4 Å². The van der Waals surface area contributed by atoms with Crippen LogP contribution in [0.2, 0.25) is 0 Å². The molecule has 2 rings (SSSR count). The molecule has 0 saturated heterocycles. The molecular weight excluding hydrogens is 152 g/mol. The lowest BCUT2D eigenvalue weighted by molar-refractivity contribution is 1.08. The Morgan fingerprint density at radius 2 is 2.50 bits per heavy atom. The van der Waals surface area contributed by atoms with Gasteiger partial charge in [-0.3, -0.25) is 10.1 Å². The number of nitriles is 1. The molecule has 4 nitrogen and oxygen atoms in total. The molecule has 0 bridgehead atoms. The van der Waals surface area contributed by atoms with E-state index in [-0.39, 0.29) is 0 Å². The van der Waals surface area contributed by atoms with Crippen LogP contribution >= 0.6 is 0 Å². The van der Waals surface area contributed by atoms with Crippen LogP contribution in [0.1, 0.15) is 5.69 Å². The van der Waals surface area contributed by atoms with Crippen molar-refractivity contribution in [1.29, 1.82) is 5.26 Å². The van der Waals surface area contributed by atoms with Crippen LogP contribution in [0.15, 0.2) is 18.5 Å². The fourth-order valence-electron chi connectivity index (χ4n) is 1.13. The highest BCUT2D eigenvalue weighted by Gasteiger charge is 2.01. The molecule has 4 heteroatoms. The Balaban J connectivity index is 2.67. The minimum absolute atomic E-state index is 0.319. The summed E-state index contributed by atoms with van der Waals surface area (Å²) in [5, 5.41) is 16.2. The second-order valence-corrected chi connectivity index (χ2v) is 2.43.